The fourth-order valence-corrected chi connectivity index (χ4v) is 4.57. The van der Waals surface area contributed by atoms with Gasteiger partial charge in [0.15, 0.2) is 0 Å². The van der Waals surface area contributed by atoms with E-state index < -0.39 is 10.0 Å². The number of sulfonamides is 1. The Balaban J connectivity index is 2.38. The van der Waals surface area contributed by atoms with Gasteiger partial charge in [-0.05, 0) is 49.9 Å². The van der Waals surface area contributed by atoms with Crippen LogP contribution in [-0.4, -0.2) is 25.8 Å². The number of hydrogen-bond acceptors (Lipinski definition) is 3. The fourth-order valence-electron chi connectivity index (χ4n) is 2.72. The summed E-state index contributed by atoms with van der Waals surface area (Å²) < 4.78 is 27.3. The monoisotopic (exact) mass is 296 g/mol. The van der Waals surface area contributed by atoms with E-state index in [-0.39, 0.29) is 0 Å². The predicted molar refractivity (Wildman–Crippen MR) is 82.2 cm³/mol. The molecular weight excluding hydrogens is 272 g/mol. The Hall–Kier alpha value is -1.07. The Morgan fingerprint density at radius 1 is 1.00 bits per heavy atom. The fraction of sp³-hybridized carbons (Fsp3) is 0.600. The van der Waals surface area contributed by atoms with Crippen LogP contribution in [0.25, 0.3) is 0 Å². The summed E-state index contributed by atoms with van der Waals surface area (Å²) in [6, 6.07) is 3.41. The van der Waals surface area contributed by atoms with Crippen molar-refractivity contribution in [3.05, 3.63) is 23.3 Å². The van der Waals surface area contributed by atoms with E-state index in [1.807, 2.05) is 19.9 Å². The molecule has 0 radical (unpaired) electrons. The van der Waals surface area contributed by atoms with Gasteiger partial charge in [0.2, 0.25) is 10.0 Å². The number of benzene rings is 1. The van der Waals surface area contributed by atoms with Crippen molar-refractivity contribution in [1.82, 2.24) is 4.31 Å². The Morgan fingerprint density at radius 3 is 2.15 bits per heavy atom. The first-order chi connectivity index (χ1) is 9.43. The molecule has 5 heteroatoms. The Kier molecular flexibility index (Phi) is 4.70. The summed E-state index contributed by atoms with van der Waals surface area (Å²) in [5.41, 5.74) is 8.07. The van der Waals surface area contributed by atoms with Gasteiger partial charge < -0.3 is 5.73 Å². The van der Waals surface area contributed by atoms with E-state index in [9.17, 15) is 8.42 Å². The van der Waals surface area contributed by atoms with Crippen molar-refractivity contribution in [3.63, 3.8) is 0 Å². The molecular formula is C15H24N2O2S. The lowest BCUT2D eigenvalue weighted by Crippen LogP contribution is -2.34. The van der Waals surface area contributed by atoms with E-state index in [1.54, 1.807) is 10.4 Å². The first-order valence-corrected chi connectivity index (χ1v) is 8.74. The molecule has 2 N–H and O–H groups in total. The van der Waals surface area contributed by atoms with Gasteiger partial charge in [-0.15, -0.1) is 0 Å². The summed E-state index contributed by atoms with van der Waals surface area (Å²) in [6.07, 6.45) is 5.32. The van der Waals surface area contributed by atoms with Crippen LogP contribution in [0.15, 0.2) is 17.0 Å². The molecule has 1 saturated heterocycles. The van der Waals surface area contributed by atoms with Crippen molar-refractivity contribution in [1.29, 1.82) is 0 Å². The van der Waals surface area contributed by atoms with E-state index >= 15 is 0 Å². The van der Waals surface area contributed by atoms with Crippen LogP contribution in [0.3, 0.4) is 0 Å². The van der Waals surface area contributed by atoms with Gasteiger partial charge in [0.1, 0.15) is 0 Å². The highest BCUT2D eigenvalue weighted by atomic mass is 32.2. The van der Waals surface area contributed by atoms with Crippen LogP contribution in [0.1, 0.15) is 43.2 Å². The SMILES string of the molecule is Cc1cc(N)cc(S(=O)(=O)N2CCCCCCC2)c1C. The minimum Gasteiger partial charge on any atom is -0.399 e. The minimum atomic E-state index is -3.42. The largest absolute Gasteiger partial charge is 0.399 e. The molecule has 1 heterocycles. The Labute approximate surface area is 122 Å². The Bertz CT molecular complexity index is 574. The quantitative estimate of drug-likeness (QED) is 0.854. The standard InChI is InChI=1S/C15H24N2O2S/c1-12-10-14(16)11-15(13(12)2)20(18,19)17-8-6-4-3-5-7-9-17/h10-11H,3-9,16H2,1-2H3. The molecule has 0 unspecified atom stereocenters. The first kappa shape index (κ1) is 15.3. The number of hydrogen-bond donors (Lipinski definition) is 1. The normalized spacial score (nSPS) is 18.5. The highest BCUT2D eigenvalue weighted by Gasteiger charge is 2.26. The zero-order valence-electron chi connectivity index (χ0n) is 12.4. The van der Waals surface area contributed by atoms with Crippen molar-refractivity contribution < 1.29 is 8.42 Å². The molecule has 0 aliphatic carbocycles. The van der Waals surface area contributed by atoms with Crippen LogP contribution in [0.2, 0.25) is 0 Å². The van der Waals surface area contributed by atoms with Gasteiger partial charge in [0.25, 0.3) is 0 Å². The van der Waals surface area contributed by atoms with Crippen LogP contribution < -0.4 is 5.73 Å². The zero-order valence-corrected chi connectivity index (χ0v) is 13.2. The maximum Gasteiger partial charge on any atom is 0.243 e. The van der Waals surface area contributed by atoms with Gasteiger partial charge >= 0.3 is 0 Å². The Morgan fingerprint density at radius 2 is 1.55 bits per heavy atom. The lowest BCUT2D eigenvalue weighted by molar-refractivity contribution is 0.364. The number of nitrogen functional groups attached to an aromatic ring is 1. The van der Waals surface area contributed by atoms with Gasteiger partial charge in [-0.2, -0.15) is 4.31 Å². The molecule has 1 aliphatic rings. The summed E-state index contributed by atoms with van der Waals surface area (Å²) in [6.45, 7) is 5.00. The lowest BCUT2D eigenvalue weighted by Gasteiger charge is -2.25. The van der Waals surface area contributed by atoms with Crippen LogP contribution in [-0.2, 0) is 10.0 Å². The van der Waals surface area contributed by atoms with Gasteiger partial charge in [-0.1, -0.05) is 19.3 Å². The summed E-state index contributed by atoms with van der Waals surface area (Å²) in [7, 11) is -3.42. The topological polar surface area (TPSA) is 63.4 Å². The second-order valence-corrected chi connectivity index (χ2v) is 7.54. The van der Waals surface area contributed by atoms with E-state index in [2.05, 4.69) is 0 Å². The second kappa shape index (κ2) is 6.14. The molecule has 0 spiro atoms. The summed E-state index contributed by atoms with van der Waals surface area (Å²) in [5, 5.41) is 0. The zero-order chi connectivity index (χ0) is 14.8. The smallest absolute Gasteiger partial charge is 0.243 e. The number of rotatable bonds is 2. The van der Waals surface area contributed by atoms with Gasteiger partial charge in [-0.25, -0.2) is 8.42 Å². The van der Waals surface area contributed by atoms with Crippen molar-refractivity contribution in [2.75, 3.05) is 18.8 Å². The molecule has 2 rings (SSSR count). The molecule has 0 aromatic heterocycles. The molecule has 0 saturated carbocycles. The molecule has 0 amide bonds. The van der Waals surface area contributed by atoms with Crippen molar-refractivity contribution in [2.24, 2.45) is 0 Å². The van der Waals surface area contributed by atoms with Crippen LogP contribution in [0, 0.1) is 13.8 Å². The van der Waals surface area contributed by atoms with Gasteiger partial charge in [0, 0.05) is 18.8 Å². The summed E-state index contributed by atoms with van der Waals surface area (Å²) in [4.78, 5) is 0.371. The predicted octanol–water partition coefficient (Wildman–Crippen LogP) is 2.84. The average molecular weight is 296 g/mol. The van der Waals surface area contributed by atoms with Gasteiger partial charge in [0.05, 0.1) is 4.90 Å². The van der Waals surface area contributed by atoms with Crippen LogP contribution in [0.4, 0.5) is 5.69 Å². The second-order valence-electron chi connectivity index (χ2n) is 5.63. The molecule has 112 valence electrons. The molecule has 1 fully saturated rings. The molecule has 1 aliphatic heterocycles. The molecule has 1 aromatic rings. The van der Waals surface area contributed by atoms with E-state index in [0.29, 0.717) is 23.7 Å². The maximum atomic E-state index is 12.8. The van der Waals surface area contributed by atoms with E-state index in [1.165, 1.54) is 6.42 Å². The lowest BCUT2D eigenvalue weighted by atomic mass is 10.1. The third-order valence-corrected chi connectivity index (χ3v) is 6.10. The van der Waals surface area contributed by atoms with Crippen molar-refractivity contribution in [2.45, 2.75) is 50.8 Å². The summed E-state index contributed by atoms with van der Waals surface area (Å²) in [5.74, 6) is 0. The maximum absolute atomic E-state index is 12.8. The molecule has 0 bridgehead atoms. The van der Waals surface area contributed by atoms with E-state index in [4.69, 9.17) is 5.73 Å². The average Bonchev–Trinajstić information content (AvgIpc) is 2.32. The third-order valence-electron chi connectivity index (χ3n) is 4.07. The van der Waals surface area contributed by atoms with E-state index in [0.717, 1.165) is 36.8 Å². The molecule has 1 aromatic carbocycles. The molecule has 20 heavy (non-hydrogen) atoms. The van der Waals surface area contributed by atoms with Crippen molar-refractivity contribution in [3.8, 4) is 0 Å². The first-order valence-electron chi connectivity index (χ1n) is 7.30. The summed E-state index contributed by atoms with van der Waals surface area (Å²) >= 11 is 0. The van der Waals surface area contributed by atoms with Gasteiger partial charge in [-0.3, -0.25) is 0 Å². The number of nitrogens with zero attached hydrogens (tertiary/aromatic N) is 1. The number of nitrogens with two attached hydrogens (primary N) is 1. The third kappa shape index (κ3) is 3.15. The van der Waals surface area contributed by atoms with Crippen LogP contribution in [0.5, 0.6) is 0 Å². The molecule has 0 atom stereocenters. The highest BCUT2D eigenvalue weighted by molar-refractivity contribution is 7.89. The van der Waals surface area contributed by atoms with Crippen LogP contribution >= 0.6 is 0 Å². The van der Waals surface area contributed by atoms with Crippen molar-refractivity contribution >= 4 is 15.7 Å². The minimum absolute atomic E-state index is 0.371. The number of aryl methyl sites for hydroxylation is 1. The molecule has 4 nitrogen and oxygen atoms in total. The number of anilines is 1. The highest BCUT2D eigenvalue weighted by Crippen LogP contribution is 2.26.